The number of carbonyl (C=O) groups excluding carboxylic acids is 5. The monoisotopic (exact) mass is 803 g/mol. The minimum absolute atomic E-state index is 0.0279. The van der Waals surface area contributed by atoms with Crippen molar-refractivity contribution in [2.45, 2.75) is 45.1 Å². The van der Waals surface area contributed by atoms with Crippen molar-refractivity contribution >= 4 is 64.4 Å². The predicted molar refractivity (Wildman–Crippen MR) is 221 cm³/mol. The third kappa shape index (κ3) is 7.50. The van der Waals surface area contributed by atoms with Crippen LogP contribution in [-0.2, 0) is 19.8 Å². The van der Waals surface area contributed by atoms with E-state index in [9.17, 15) is 29.2 Å². The smallest absolute Gasteiger partial charge is 0.261 e. The lowest BCUT2D eigenvalue weighted by Crippen LogP contribution is -2.55. The Morgan fingerprint density at radius 3 is 2.36 bits per heavy atom. The summed E-state index contributed by atoms with van der Waals surface area (Å²) in [5, 5.41) is 11.6. The number of piperazine rings is 1. The average molecular weight is 804 g/mol. The van der Waals surface area contributed by atoms with Crippen molar-refractivity contribution in [3.63, 3.8) is 0 Å². The number of carbonyl (C=O) groups is 5. The molecule has 5 N–H and O–H groups in total. The van der Waals surface area contributed by atoms with E-state index in [0.717, 1.165) is 68.3 Å². The van der Waals surface area contributed by atoms with Crippen LogP contribution in [-0.4, -0.2) is 96.6 Å². The molecule has 2 fully saturated rings. The van der Waals surface area contributed by atoms with Gasteiger partial charge in [0.25, 0.3) is 11.8 Å². The van der Waals surface area contributed by atoms with E-state index in [-0.39, 0.29) is 35.6 Å². The Labute approximate surface area is 342 Å². The molecule has 3 aromatic rings. The normalized spacial score (nSPS) is 18.8. The SMILES string of the molecule is CC(CCC(=O)NC=O)N1C(=O)c2ccc(N3CCN(CC4CN(/C(N)=C/C=C(\N)c5ccc6c(c5)C(C)(C)C(=O)N6c5ccc(C#N)c(Cl)c5)C4)CC3)cc2C1=O. The number of nitrogens with zero attached hydrogens (tertiary/aromatic N) is 6. The number of amides is 5. The molecule has 0 aliphatic carbocycles. The summed E-state index contributed by atoms with van der Waals surface area (Å²) in [6.07, 6.45) is 4.22. The van der Waals surface area contributed by atoms with Gasteiger partial charge in [-0.1, -0.05) is 17.7 Å². The van der Waals surface area contributed by atoms with Crippen molar-refractivity contribution in [1.82, 2.24) is 20.0 Å². The maximum Gasteiger partial charge on any atom is 0.261 e. The highest BCUT2D eigenvalue weighted by Gasteiger charge is 2.45. The second kappa shape index (κ2) is 16.0. The first kappa shape index (κ1) is 40.0. The first-order valence-corrected chi connectivity index (χ1v) is 19.7. The lowest BCUT2D eigenvalue weighted by Gasteiger charge is -2.45. The molecule has 0 saturated carbocycles. The number of anilines is 3. The van der Waals surface area contributed by atoms with Gasteiger partial charge in [-0.2, -0.15) is 5.26 Å². The molecule has 58 heavy (non-hydrogen) atoms. The van der Waals surface area contributed by atoms with Gasteiger partial charge in [0.2, 0.25) is 18.2 Å². The van der Waals surface area contributed by atoms with Crippen molar-refractivity contribution in [1.29, 1.82) is 5.26 Å². The van der Waals surface area contributed by atoms with E-state index in [0.29, 0.717) is 46.2 Å². The number of hydrogen-bond donors (Lipinski definition) is 3. The third-order valence-electron chi connectivity index (χ3n) is 11.7. The Bertz CT molecular complexity index is 2300. The van der Waals surface area contributed by atoms with E-state index in [1.807, 2.05) is 44.2 Å². The Kier molecular flexibility index (Phi) is 11.0. The van der Waals surface area contributed by atoms with E-state index in [1.165, 1.54) is 4.90 Å². The standard InChI is InChI=1S/C43H46ClN9O5/c1-26(4-13-39(55)48-25-54)52-40(56)32-9-8-30(19-33(32)41(52)57)50-16-14-49(15-17-50)22-27-23-51(24-27)38(47)12-10-36(46)28-6-11-37-34(18-28)43(2,3)42(58)53(37)31-7-5-29(21-45)35(44)20-31/h5-12,18-20,25-27H,4,13-17,22-24,46-47H2,1-3H3,(H,48,54,55)/b36-10-,38-12+. The lowest BCUT2D eigenvalue weighted by atomic mass is 9.85. The molecule has 7 rings (SSSR count). The Morgan fingerprint density at radius 2 is 1.67 bits per heavy atom. The van der Waals surface area contributed by atoms with Gasteiger partial charge in [0.15, 0.2) is 0 Å². The summed E-state index contributed by atoms with van der Waals surface area (Å²) in [6.45, 7) is 11.4. The number of nitrogens with one attached hydrogen (secondary N) is 1. The van der Waals surface area contributed by atoms with E-state index < -0.39 is 17.4 Å². The fourth-order valence-corrected chi connectivity index (χ4v) is 8.40. The van der Waals surface area contributed by atoms with Gasteiger partial charge < -0.3 is 21.3 Å². The number of hydrogen-bond acceptors (Lipinski definition) is 11. The molecular formula is C43H46ClN9O5. The molecule has 300 valence electrons. The number of halogens is 1. The number of fused-ring (bicyclic) bond motifs is 2. The van der Waals surface area contributed by atoms with Gasteiger partial charge in [0.1, 0.15) is 6.07 Å². The molecule has 3 aromatic carbocycles. The first-order valence-electron chi connectivity index (χ1n) is 19.3. The number of imide groups is 2. The van der Waals surface area contributed by atoms with Crippen LogP contribution in [0.1, 0.15) is 71.0 Å². The van der Waals surface area contributed by atoms with Crippen LogP contribution in [0.3, 0.4) is 0 Å². The number of likely N-dealkylation sites (tertiary alicyclic amines) is 1. The van der Waals surface area contributed by atoms with E-state index in [1.54, 1.807) is 48.2 Å². The molecule has 4 aliphatic rings. The largest absolute Gasteiger partial charge is 0.398 e. The van der Waals surface area contributed by atoms with Crippen LogP contribution in [0.2, 0.25) is 5.02 Å². The second-order valence-corrected chi connectivity index (χ2v) is 16.2. The molecule has 14 nitrogen and oxygen atoms in total. The molecule has 5 amide bonds. The zero-order valence-electron chi connectivity index (χ0n) is 32.7. The fraction of sp³-hybridized carbons (Fsp3) is 0.349. The summed E-state index contributed by atoms with van der Waals surface area (Å²) in [5.74, 6) is -0.195. The molecular weight excluding hydrogens is 758 g/mol. The maximum absolute atomic E-state index is 13.6. The van der Waals surface area contributed by atoms with Gasteiger partial charge in [0, 0.05) is 75.6 Å². The fourth-order valence-electron chi connectivity index (χ4n) is 8.18. The Hall–Kier alpha value is -6.17. The van der Waals surface area contributed by atoms with Crippen molar-refractivity contribution in [3.05, 3.63) is 105 Å². The number of nitrogens with two attached hydrogens (primary N) is 2. The third-order valence-corrected chi connectivity index (χ3v) is 12.0. The lowest BCUT2D eigenvalue weighted by molar-refractivity contribution is -0.125. The number of rotatable bonds is 12. The zero-order chi connectivity index (χ0) is 41.5. The predicted octanol–water partition coefficient (Wildman–Crippen LogP) is 4.06. The zero-order valence-corrected chi connectivity index (χ0v) is 33.5. The van der Waals surface area contributed by atoms with Gasteiger partial charge in [-0.25, -0.2) is 0 Å². The second-order valence-electron chi connectivity index (χ2n) is 15.8. The topological polar surface area (TPSA) is 189 Å². The van der Waals surface area contributed by atoms with Crippen LogP contribution in [0.25, 0.3) is 5.70 Å². The Morgan fingerprint density at radius 1 is 0.966 bits per heavy atom. The van der Waals surface area contributed by atoms with Crippen molar-refractivity contribution < 1.29 is 24.0 Å². The van der Waals surface area contributed by atoms with E-state index >= 15 is 0 Å². The van der Waals surface area contributed by atoms with Gasteiger partial charge in [0.05, 0.1) is 44.3 Å². The molecule has 1 unspecified atom stereocenters. The van der Waals surface area contributed by atoms with E-state index in [4.69, 9.17) is 23.1 Å². The minimum Gasteiger partial charge on any atom is -0.398 e. The van der Waals surface area contributed by atoms with Crippen molar-refractivity contribution in [3.8, 4) is 6.07 Å². The summed E-state index contributed by atoms with van der Waals surface area (Å²) in [4.78, 5) is 71.9. The number of allylic oxidation sites excluding steroid dienone is 2. The molecule has 0 aromatic heterocycles. The molecule has 15 heteroatoms. The molecule has 2 saturated heterocycles. The van der Waals surface area contributed by atoms with Crippen molar-refractivity contribution in [2.75, 3.05) is 55.6 Å². The molecule has 4 heterocycles. The summed E-state index contributed by atoms with van der Waals surface area (Å²) in [5.41, 5.74) is 17.6. The van der Waals surface area contributed by atoms with Gasteiger partial charge in [-0.05, 0) is 99.0 Å². The van der Waals surface area contributed by atoms with Gasteiger partial charge in [-0.3, -0.25) is 44.0 Å². The van der Waals surface area contributed by atoms with Crippen LogP contribution in [0, 0.1) is 17.2 Å². The summed E-state index contributed by atoms with van der Waals surface area (Å²) >= 11 is 6.30. The highest BCUT2D eigenvalue weighted by molar-refractivity contribution is 6.32. The van der Waals surface area contributed by atoms with Crippen LogP contribution >= 0.6 is 11.6 Å². The average Bonchev–Trinajstić information content (AvgIpc) is 3.56. The van der Waals surface area contributed by atoms with Crippen molar-refractivity contribution in [2.24, 2.45) is 17.4 Å². The summed E-state index contributed by atoms with van der Waals surface area (Å²) < 4.78 is 0. The molecule has 0 radical (unpaired) electrons. The first-order chi connectivity index (χ1) is 27.7. The summed E-state index contributed by atoms with van der Waals surface area (Å²) in [7, 11) is 0. The Balaban J connectivity index is 0.902. The molecule has 0 spiro atoms. The van der Waals surface area contributed by atoms with E-state index in [2.05, 4.69) is 26.1 Å². The van der Waals surface area contributed by atoms with Gasteiger partial charge >= 0.3 is 0 Å². The number of benzene rings is 3. The maximum atomic E-state index is 13.6. The minimum atomic E-state index is -0.811. The van der Waals surface area contributed by atoms with Crippen LogP contribution < -0.4 is 26.6 Å². The summed E-state index contributed by atoms with van der Waals surface area (Å²) in [6, 6.07) is 17.6. The molecule has 0 bridgehead atoms. The molecule has 4 aliphatic heterocycles. The van der Waals surface area contributed by atoms with Gasteiger partial charge in [-0.15, -0.1) is 0 Å². The van der Waals surface area contributed by atoms with Crippen LogP contribution in [0.5, 0.6) is 0 Å². The highest BCUT2D eigenvalue weighted by Crippen LogP contribution is 2.46. The number of nitriles is 1. The molecule has 1 atom stereocenters. The quantitative estimate of drug-likeness (QED) is 0.136. The van der Waals surface area contributed by atoms with Crippen LogP contribution in [0.4, 0.5) is 17.1 Å². The highest BCUT2D eigenvalue weighted by atomic mass is 35.5. The van der Waals surface area contributed by atoms with Crippen LogP contribution in [0.15, 0.2) is 72.6 Å².